The Bertz CT molecular complexity index is 732. The van der Waals surface area contributed by atoms with E-state index in [-0.39, 0.29) is 17.2 Å². The SMILES string of the molecule is COc1ccccc1NC(=O)C(C)Sc1nnc(C)c(=O)[nH]1. The molecule has 7 nitrogen and oxygen atoms in total. The molecular weight excluding hydrogens is 304 g/mol. The van der Waals surface area contributed by atoms with Crippen LogP contribution in [0.1, 0.15) is 12.6 Å². The number of ether oxygens (including phenoxy) is 1. The van der Waals surface area contributed by atoms with Crippen LogP contribution in [-0.2, 0) is 4.79 Å². The lowest BCUT2D eigenvalue weighted by Gasteiger charge is -2.13. The molecule has 0 aliphatic carbocycles. The molecule has 0 spiro atoms. The van der Waals surface area contributed by atoms with E-state index in [2.05, 4.69) is 20.5 Å². The van der Waals surface area contributed by atoms with Gasteiger partial charge in [0.05, 0.1) is 18.0 Å². The van der Waals surface area contributed by atoms with Crippen LogP contribution >= 0.6 is 11.8 Å². The molecule has 2 N–H and O–H groups in total. The third kappa shape index (κ3) is 3.85. The zero-order valence-corrected chi connectivity index (χ0v) is 13.2. The molecule has 0 bridgehead atoms. The van der Waals surface area contributed by atoms with Gasteiger partial charge in [-0.15, -0.1) is 10.2 Å². The Balaban J connectivity index is 2.05. The van der Waals surface area contributed by atoms with Gasteiger partial charge in [-0.2, -0.15) is 0 Å². The van der Waals surface area contributed by atoms with Gasteiger partial charge in [-0.3, -0.25) is 14.6 Å². The molecule has 1 aromatic carbocycles. The van der Waals surface area contributed by atoms with Crippen molar-refractivity contribution in [3.63, 3.8) is 0 Å². The predicted octanol–water partition coefficient (Wildman–Crippen LogP) is 1.60. The van der Waals surface area contributed by atoms with Gasteiger partial charge >= 0.3 is 0 Å². The van der Waals surface area contributed by atoms with Crippen LogP contribution in [0.3, 0.4) is 0 Å². The highest BCUT2D eigenvalue weighted by Crippen LogP contribution is 2.25. The first-order chi connectivity index (χ1) is 10.5. The average molecular weight is 320 g/mol. The number of H-pyrrole nitrogens is 1. The van der Waals surface area contributed by atoms with Gasteiger partial charge in [-0.05, 0) is 26.0 Å². The number of aromatic nitrogens is 3. The molecule has 1 atom stereocenters. The van der Waals surface area contributed by atoms with Gasteiger partial charge in [0, 0.05) is 0 Å². The second-order valence-corrected chi connectivity index (χ2v) is 5.82. The van der Waals surface area contributed by atoms with Crippen molar-refractivity contribution in [3.05, 3.63) is 40.3 Å². The van der Waals surface area contributed by atoms with Crippen molar-refractivity contribution in [3.8, 4) is 5.75 Å². The van der Waals surface area contributed by atoms with Crippen LogP contribution in [0.15, 0.2) is 34.2 Å². The summed E-state index contributed by atoms with van der Waals surface area (Å²) in [6.45, 7) is 3.29. The maximum Gasteiger partial charge on any atom is 0.273 e. The van der Waals surface area contributed by atoms with Crippen molar-refractivity contribution in [2.75, 3.05) is 12.4 Å². The predicted molar refractivity (Wildman–Crippen MR) is 84.3 cm³/mol. The molecule has 1 amide bonds. The van der Waals surface area contributed by atoms with Gasteiger partial charge in [0.15, 0.2) is 5.16 Å². The van der Waals surface area contributed by atoms with E-state index in [4.69, 9.17) is 4.74 Å². The molecule has 0 saturated carbocycles. The number of hydrogen-bond donors (Lipinski definition) is 2. The number of nitrogens with zero attached hydrogens (tertiary/aromatic N) is 2. The Hall–Kier alpha value is -2.35. The number of rotatable bonds is 5. The number of carbonyl (C=O) groups excluding carboxylic acids is 1. The van der Waals surface area contributed by atoms with Gasteiger partial charge in [-0.1, -0.05) is 23.9 Å². The smallest absolute Gasteiger partial charge is 0.273 e. The number of anilines is 1. The standard InChI is InChI=1S/C14H16N4O3S/c1-8-12(19)16-14(18-17-8)22-9(2)13(20)15-10-6-4-5-7-11(10)21-3/h4-7,9H,1-3H3,(H,15,20)(H,16,18,19). The minimum Gasteiger partial charge on any atom is -0.495 e. The van der Waals surface area contributed by atoms with E-state index in [1.807, 2.05) is 6.07 Å². The molecule has 2 rings (SSSR count). The maximum absolute atomic E-state index is 12.2. The first-order valence-electron chi connectivity index (χ1n) is 6.55. The van der Waals surface area contributed by atoms with Crippen LogP contribution in [0.25, 0.3) is 0 Å². The molecule has 0 saturated heterocycles. The van der Waals surface area contributed by atoms with Gasteiger partial charge in [0.2, 0.25) is 5.91 Å². The van der Waals surface area contributed by atoms with Crippen LogP contribution in [0.2, 0.25) is 0 Å². The summed E-state index contributed by atoms with van der Waals surface area (Å²) in [5.74, 6) is 0.356. The Kier molecular flexibility index (Phi) is 5.16. The number of carbonyl (C=O) groups is 1. The minimum absolute atomic E-state index is 0.224. The van der Waals surface area contributed by atoms with E-state index in [1.54, 1.807) is 32.0 Å². The second kappa shape index (κ2) is 7.08. The maximum atomic E-state index is 12.2. The summed E-state index contributed by atoms with van der Waals surface area (Å²) in [5.41, 5.74) is 0.566. The van der Waals surface area contributed by atoms with Crippen LogP contribution < -0.4 is 15.6 Å². The van der Waals surface area contributed by atoms with E-state index in [1.165, 1.54) is 7.11 Å². The van der Waals surface area contributed by atoms with Crippen LogP contribution in [-0.4, -0.2) is 33.4 Å². The number of hydrogen-bond acceptors (Lipinski definition) is 6. The van der Waals surface area contributed by atoms with Crippen LogP contribution in [0.5, 0.6) is 5.75 Å². The third-order valence-corrected chi connectivity index (χ3v) is 3.84. The highest BCUT2D eigenvalue weighted by molar-refractivity contribution is 8.00. The number of aromatic amines is 1. The number of aryl methyl sites for hydroxylation is 1. The summed E-state index contributed by atoms with van der Waals surface area (Å²) < 4.78 is 5.18. The fourth-order valence-corrected chi connectivity index (χ4v) is 2.38. The Morgan fingerprint density at radius 2 is 2.09 bits per heavy atom. The lowest BCUT2D eigenvalue weighted by atomic mass is 10.3. The fraction of sp³-hybridized carbons (Fsp3) is 0.286. The van der Waals surface area contributed by atoms with Gasteiger partial charge in [0.1, 0.15) is 11.4 Å². The van der Waals surface area contributed by atoms with E-state index < -0.39 is 5.25 Å². The normalized spacial score (nSPS) is 11.8. The summed E-state index contributed by atoms with van der Waals surface area (Å²) in [6.07, 6.45) is 0. The zero-order chi connectivity index (χ0) is 16.1. The molecule has 2 aromatic rings. The van der Waals surface area contributed by atoms with Crippen molar-refractivity contribution in [1.82, 2.24) is 15.2 Å². The Morgan fingerprint density at radius 1 is 1.36 bits per heavy atom. The van der Waals surface area contributed by atoms with Crippen molar-refractivity contribution < 1.29 is 9.53 Å². The second-order valence-electron chi connectivity index (χ2n) is 4.49. The summed E-state index contributed by atoms with van der Waals surface area (Å²) in [5, 5.41) is 10.2. The molecule has 0 fully saturated rings. The van der Waals surface area contributed by atoms with E-state index in [0.29, 0.717) is 16.6 Å². The number of nitrogens with one attached hydrogen (secondary N) is 2. The molecule has 0 radical (unpaired) electrons. The first-order valence-corrected chi connectivity index (χ1v) is 7.43. The van der Waals surface area contributed by atoms with Crippen molar-refractivity contribution in [1.29, 1.82) is 0 Å². The molecule has 0 aliphatic heterocycles. The number of methoxy groups -OCH3 is 1. The largest absolute Gasteiger partial charge is 0.495 e. The number of amides is 1. The van der Waals surface area contributed by atoms with Gasteiger partial charge < -0.3 is 10.1 Å². The molecule has 8 heteroatoms. The Labute approximate surface area is 131 Å². The molecule has 22 heavy (non-hydrogen) atoms. The molecule has 0 aliphatic rings. The monoisotopic (exact) mass is 320 g/mol. The topological polar surface area (TPSA) is 97.0 Å². The van der Waals surface area contributed by atoms with E-state index in [9.17, 15) is 9.59 Å². The summed E-state index contributed by atoms with van der Waals surface area (Å²) in [6, 6.07) is 7.14. The third-order valence-electron chi connectivity index (χ3n) is 2.86. The fourth-order valence-electron chi connectivity index (χ4n) is 1.63. The molecular formula is C14H16N4O3S. The average Bonchev–Trinajstić information content (AvgIpc) is 2.51. The molecule has 1 heterocycles. The highest BCUT2D eigenvalue weighted by Gasteiger charge is 2.17. The van der Waals surface area contributed by atoms with Crippen LogP contribution in [0.4, 0.5) is 5.69 Å². The number of thioether (sulfide) groups is 1. The summed E-state index contributed by atoms with van der Waals surface area (Å²) >= 11 is 1.13. The number of para-hydroxylation sites is 2. The quantitative estimate of drug-likeness (QED) is 0.812. The first kappa shape index (κ1) is 16.0. The highest BCUT2D eigenvalue weighted by atomic mass is 32.2. The number of benzene rings is 1. The minimum atomic E-state index is -0.461. The van der Waals surface area contributed by atoms with Gasteiger partial charge in [-0.25, -0.2) is 0 Å². The lowest BCUT2D eigenvalue weighted by molar-refractivity contribution is -0.115. The summed E-state index contributed by atoms with van der Waals surface area (Å²) in [4.78, 5) is 26.3. The lowest BCUT2D eigenvalue weighted by Crippen LogP contribution is -2.24. The van der Waals surface area contributed by atoms with Crippen LogP contribution in [0, 0.1) is 6.92 Å². The zero-order valence-electron chi connectivity index (χ0n) is 12.4. The van der Waals surface area contributed by atoms with Crippen molar-refractivity contribution in [2.45, 2.75) is 24.3 Å². The molecule has 1 unspecified atom stereocenters. The van der Waals surface area contributed by atoms with Gasteiger partial charge in [0.25, 0.3) is 5.56 Å². The van der Waals surface area contributed by atoms with Crippen molar-refractivity contribution in [2.24, 2.45) is 0 Å². The van der Waals surface area contributed by atoms with E-state index >= 15 is 0 Å². The molecule has 116 valence electrons. The Morgan fingerprint density at radius 3 is 2.77 bits per heavy atom. The van der Waals surface area contributed by atoms with Crippen molar-refractivity contribution >= 4 is 23.4 Å². The van der Waals surface area contributed by atoms with E-state index in [0.717, 1.165) is 11.8 Å². The summed E-state index contributed by atoms with van der Waals surface area (Å²) in [7, 11) is 1.54. The molecule has 1 aromatic heterocycles.